The van der Waals surface area contributed by atoms with E-state index in [0.29, 0.717) is 11.6 Å². The summed E-state index contributed by atoms with van der Waals surface area (Å²) in [6.07, 6.45) is 9.54. The quantitative estimate of drug-likeness (QED) is 0.285. The topological polar surface area (TPSA) is 90.9 Å². The standard InChI is InChI=1S/C21H34N6O2.HI/c1-2-23-20(24-16-19(28)26-18-7-6-10-22-15-18)25-17-21(8-4-3-5-9-21)27-11-13-29-14-12-27;/h6-7,10,15H,2-5,8-9,11-14,16-17H2,1H3,(H,26,28)(H2,23,24,25);1H. The Morgan fingerprint density at radius 3 is 2.67 bits per heavy atom. The third-order valence-corrected chi connectivity index (χ3v) is 5.72. The van der Waals surface area contributed by atoms with Gasteiger partial charge < -0.3 is 20.7 Å². The van der Waals surface area contributed by atoms with E-state index in [0.717, 1.165) is 39.4 Å². The summed E-state index contributed by atoms with van der Waals surface area (Å²) in [5.41, 5.74) is 0.829. The van der Waals surface area contributed by atoms with Crippen molar-refractivity contribution in [3.8, 4) is 0 Å². The maximum Gasteiger partial charge on any atom is 0.246 e. The predicted molar refractivity (Wildman–Crippen MR) is 130 cm³/mol. The highest BCUT2D eigenvalue weighted by Gasteiger charge is 2.38. The van der Waals surface area contributed by atoms with Crippen molar-refractivity contribution in [2.45, 2.75) is 44.6 Å². The fraction of sp³-hybridized carbons (Fsp3) is 0.667. The molecule has 2 fully saturated rings. The first-order chi connectivity index (χ1) is 14.2. The molecule has 2 aliphatic rings. The lowest BCUT2D eigenvalue weighted by molar-refractivity contribution is -0.114. The highest BCUT2D eigenvalue weighted by atomic mass is 127. The number of aliphatic imine (C=N–C) groups is 1. The summed E-state index contributed by atoms with van der Waals surface area (Å²) in [4.78, 5) is 23.3. The van der Waals surface area contributed by atoms with E-state index in [-0.39, 0.29) is 42.0 Å². The molecule has 0 bridgehead atoms. The van der Waals surface area contributed by atoms with Crippen molar-refractivity contribution >= 4 is 41.5 Å². The van der Waals surface area contributed by atoms with Crippen LogP contribution >= 0.6 is 24.0 Å². The summed E-state index contributed by atoms with van der Waals surface area (Å²) in [5, 5.41) is 9.59. The van der Waals surface area contributed by atoms with Crippen molar-refractivity contribution in [2.75, 3.05) is 51.3 Å². The third-order valence-electron chi connectivity index (χ3n) is 5.72. The van der Waals surface area contributed by atoms with E-state index in [9.17, 15) is 4.79 Å². The lowest BCUT2D eigenvalue weighted by Crippen LogP contribution is -2.60. The molecule has 1 aliphatic heterocycles. The molecule has 30 heavy (non-hydrogen) atoms. The molecule has 0 spiro atoms. The molecule has 0 unspecified atom stereocenters. The molecule has 9 heteroatoms. The minimum atomic E-state index is -0.157. The van der Waals surface area contributed by atoms with Gasteiger partial charge in [0.1, 0.15) is 6.54 Å². The first-order valence-corrected chi connectivity index (χ1v) is 10.8. The number of carbonyl (C=O) groups is 1. The van der Waals surface area contributed by atoms with Gasteiger partial charge in [-0.1, -0.05) is 19.3 Å². The van der Waals surface area contributed by atoms with Gasteiger partial charge in [0.15, 0.2) is 5.96 Å². The maximum atomic E-state index is 12.2. The van der Waals surface area contributed by atoms with Crippen LogP contribution < -0.4 is 16.0 Å². The van der Waals surface area contributed by atoms with Gasteiger partial charge in [-0.15, -0.1) is 24.0 Å². The monoisotopic (exact) mass is 530 g/mol. The number of hydrogen-bond acceptors (Lipinski definition) is 5. The number of morpholine rings is 1. The Morgan fingerprint density at radius 1 is 1.23 bits per heavy atom. The Bertz CT molecular complexity index is 661. The van der Waals surface area contributed by atoms with Crippen LogP contribution in [0.3, 0.4) is 0 Å². The lowest BCUT2D eigenvalue weighted by Gasteiger charge is -2.48. The first kappa shape index (κ1) is 24.8. The van der Waals surface area contributed by atoms with Crippen LogP contribution in [-0.4, -0.2) is 73.2 Å². The number of aromatic nitrogens is 1. The van der Waals surface area contributed by atoms with Crippen LogP contribution in [-0.2, 0) is 9.53 Å². The highest BCUT2D eigenvalue weighted by Crippen LogP contribution is 2.33. The maximum absolute atomic E-state index is 12.2. The lowest BCUT2D eigenvalue weighted by atomic mass is 9.80. The van der Waals surface area contributed by atoms with Gasteiger partial charge in [0.2, 0.25) is 5.91 Å². The number of rotatable bonds is 7. The molecule has 1 aromatic heterocycles. The molecule has 168 valence electrons. The van der Waals surface area contributed by atoms with Crippen LogP contribution in [0.25, 0.3) is 0 Å². The van der Waals surface area contributed by atoms with Crippen molar-refractivity contribution < 1.29 is 9.53 Å². The number of guanidine groups is 1. The van der Waals surface area contributed by atoms with Gasteiger partial charge in [-0.05, 0) is 31.9 Å². The number of anilines is 1. The Kier molecular flexibility index (Phi) is 10.8. The Morgan fingerprint density at radius 2 is 2.00 bits per heavy atom. The molecule has 1 aromatic rings. The van der Waals surface area contributed by atoms with Crippen molar-refractivity contribution in [1.29, 1.82) is 0 Å². The average Bonchev–Trinajstić information content (AvgIpc) is 2.77. The SMILES string of the molecule is CCNC(=NCC(=O)Nc1cccnc1)NCC1(N2CCOCC2)CCCCC1.I. The average molecular weight is 530 g/mol. The number of hydrogen-bond donors (Lipinski definition) is 3. The van der Waals surface area contributed by atoms with Crippen LogP contribution in [0.4, 0.5) is 5.69 Å². The number of pyridine rings is 1. The summed E-state index contributed by atoms with van der Waals surface area (Å²) in [5.74, 6) is 0.530. The van der Waals surface area contributed by atoms with Gasteiger partial charge in [0.05, 0.1) is 25.1 Å². The van der Waals surface area contributed by atoms with Gasteiger partial charge in [0.25, 0.3) is 0 Å². The Hall–Kier alpha value is -1.46. The first-order valence-electron chi connectivity index (χ1n) is 10.8. The van der Waals surface area contributed by atoms with E-state index >= 15 is 0 Å². The van der Waals surface area contributed by atoms with Gasteiger partial charge in [-0.25, -0.2) is 4.99 Å². The normalized spacial score (nSPS) is 19.4. The number of ether oxygens (including phenoxy) is 1. The number of nitrogens with zero attached hydrogens (tertiary/aromatic N) is 3. The number of amides is 1. The van der Waals surface area contributed by atoms with Crippen LogP contribution in [0, 0.1) is 0 Å². The second kappa shape index (κ2) is 13.1. The minimum Gasteiger partial charge on any atom is -0.379 e. The zero-order chi connectivity index (χ0) is 20.4. The summed E-state index contributed by atoms with van der Waals surface area (Å²) in [6, 6.07) is 3.60. The second-order valence-corrected chi connectivity index (χ2v) is 7.72. The van der Waals surface area contributed by atoms with Crippen molar-refractivity contribution in [3.63, 3.8) is 0 Å². The molecule has 2 heterocycles. The van der Waals surface area contributed by atoms with Crippen molar-refractivity contribution in [2.24, 2.45) is 4.99 Å². The molecule has 8 nitrogen and oxygen atoms in total. The zero-order valence-electron chi connectivity index (χ0n) is 17.9. The molecule has 0 atom stereocenters. The molecule has 1 saturated heterocycles. The van der Waals surface area contributed by atoms with Crippen LogP contribution in [0.1, 0.15) is 39.0 Å². The second-order valence-electron chi connectivity index (χ2n) is 7.72. The number of halogens is 1. The zero-order valence-corrected chi connectivity index (χ0v) is 20.2. The van der Waals surface area contributed by atoms with Crippen LogP contribution in [0.5, 0.6) is 0 Å². The molecule has 0 aromatic carbocycles. The van der Waals surface area contributed by atoms with Crippen LogP contribution in [0.2, 0.25) is 0 Å². The van der Waals surface area contributed by atoms with E-state index in [1.807, 2.05) is 13.0 Å². The van der Waals surface area contributed by atoms with E-state index in [1.165, 1.54) is 32.1 Å². The summed E-state index contributed by atoms with van der Waals surface area (Å²) >= 11 is 0. The van der Waals surface area contributed by atoms with Gasteiger partial charge >= 0.3 is 0 Å². The predicted octanol–water partition coefficient (Wildman–Crippen LogP) is 2.23. The fourth-order valence-corrected chi connectivity index (χ4v) is 4.23. The Labute approximate surface area is 196 Å². The molecular formula is C21H35IN6O2. The smallest absolute Gasteiger partial charge is 0.246 e. The van der Waals surface area contributed by atoms with Gasteiger partial charge in [-0.3, -0.25) is 14.7 Å². The van der Waals surface area contributed by atoms with Crippen LogP contribution in [0.15, 0.2) is 29.5 Å². The fourth-order valence-electron chi connectivity index (χ4n) is 4.23. The van der Waals surface area contributed by atoms with Gasteiger partial charge in [0, 0.05) is 37.9 Å². The summed E-state index contributed by atoms with van der Waals surface area (Å²) in [6.45, 7) is 7.28. The molecule has 0 radical (unpaired) electrons. The molecule has 1 amide bonds. The Balaban J connectivity index is 0.00000320. The van der Waals surface area contributed by atoms with Gasteiger partial charge in [-0.2, -0.15) is 0 Å². The molecule has 3 N–H and O–H groups in total. The number of nitrogens with one attached hydrogen (secondary N) is 3. The molecule has 1 aliphatic carbocycles. The van der Waals surface area contributed by atoms with Crippen molar-refractivity contribution in [3.05, 3.63) is 24.5 Å². The summed E-state index contributed by atoms with van der Waals surface area (Å²) in [7, 11) is 0. The highest BCUT2D eigenvalue weighted by molar-refractivity contribution is 14.0. The van der Waals surface area contributed by atoms with Crippen molar-refractivity contribution in [1.82, 2.24) is 20.5 Å². The molecular weight excluding hydrogens is 495 g/mol. The summed E-state index contributed by atoms with van der Waals surface area (Å²) < 4.78 is 5.57. The van der Waals surface area contributed by atoms with E-state index < -0.39 is 0 Å². The van der Waals surface area contributed by atoms with E-state index in [4.69, 9.17) is 4.74 Å². The number of carbonyl (C=O) groups excluding carboxylic acids is 1. The van der Waals surface area contributed by atoms with E-state index in [1.54, 1.807) is 18.5 Å². The molecule has 3 rings (SSSR count). The minimum absolute atomic E-state index is 0. The largest absolute Gasteiger partial charge is 0.379 e. The molecule has 1 saturated carbocycles. The third kappa shape index (κ3) is 7.35. The van der Waals surface area contributed by atoms with E-state index in [2.05, 4.69) is 30.8 Å².